The summed E-state index contributed by atoms with van der Waals surface area (Å²) < 4.78 is 6.14. The number of methoxy groups -OCH3 is 1. The first-order chi connectivity index (χ1) is 10.0. The molecule has 0 amide bonds. The number of nitrogens with zero attached hydrogens (tertiary/aromatic N) is 1. The third-order valence-electron chi connectivity index (χ3n) is 4.01. The number of rotatable bonds is 6. The summed E-state index contributed by atoms with van der Waals surface area (Å²) in [7, 11) is 1.71. The number of hydrogen-bond donors (Lipinski definition) is 2. The third kappa shape index (κ3) is 4.95. The van der Waals surface area contributed by atoms with E-state index in [0.29, 0.717) is 0 Å². The summed E-state index contributed by atoms with van der Waals surface area (Å²) in [6.07, 6.45) is 1.64. The van der Waals surface area contributed by atoms with Gasteiger partial charge in [0, 0.05) is 37.8 Å². The minimum absolute atomic E-state index is 0.506. The molecule has 0 atom stereocenters. The fourth-order valence-corrected chi connectivity index (χ4v) is 3.23. The monoisotopic (exact) mass is 356 g/mol. The standard InChI is InChI=1S/C16H25BrN2O2/c1-16(20)5-8-19(9-6-16)15-4-3-13(11-14(15)17)12-18-7-10-21-2/h3-4,11,18,20H,5-10,12H2,1-2H3. The Bertz CT molecular complexity index is 456. The van der Waals surface area contributed by atoms with E-state index < -0.39 is 5.60 Å². The van der Waals surface area contributed by atoms with E-state index >= 15 is 0 Å². The molecule has 1 aromatic rings. The van der Waals surface area contributed by atoms with Gasteiger partial charge < -0.3 is 20.1 Å². The fourth-order valence-electron chi connectivity index (χ4n) is 2.55. The van der Waals surface area contributed by atoms with Crippen molar-refractivity contribution in [3.8, 4) is 0 Å². The van der Waals surface area contributed by atoms with Crippen LogP contribution in [0, 0.1) is 0 Å². The molecule has 1 aromatic carbocycles. The van der Waals surface area contributed by atoms with Crippen LogP contribution in [0.1, 0.15) is 25.3 Å². The summed E-state index contributed by atoms with van der Waals surface area (Å²) in [6, 6.07) is 6.49. The lowest BCUT2D eigenvalue weighted by Crippen LogP contribution is -2.42. The van der Waals surface area contributed by atoms with E-state index in [1.54, 1.807) is 7.11 Å². The number of ether oxygens (including phenoxy) is 1. The van der Waals surface area contributed by atoms with Gasteiger partial charge in [0.05, 0.1) is 17.9 Å². The molecule has 118 valence electrons. The van der Waals surface area contributed by atoms with Gasteiger partial charge in [-0.15, -0.1) is 0 Å². The Hall–Kier alpha value is -0.620. The highest BCUT2D eigenvalue weighted by Gasteiger charge is 2.27. The van der Waals surface area contributed by atoms with E-state index in [1.165, 1.54) is 11.3 Å². The molecule has 0 radical (unpaired) electrons. The summed E-state index contributed by atoms with van der Waals surface area (Å²) in [5.41, 5.74) is 1.96. The second-order valence-electron chi connectivity index (χ2n) is 5.94. The van der Waals surface area contributed by atoms with Gasteiger partial charge in [0.1, 0.15) is 0 Å². The first-order valence-electron chi connectivity index (χ1n) is 7.47. The molecule has 1 aliphatic heterocycles. The van der Waals surface area contributed by atoms with Crippen LogP contribution >= 0.6 is 15.9 Å². The minimum Gasteiger partial charge on any atom is -0.390 e. The van der Waals surface area contributed by atoms with Gasteiger partial charge in [-0.2, -0.15) is 0 Å². The van der Waals surface area contributed by atoms with E-state index in [2.05, 4.69) is 44.3 Å². The number of piperidine rings is 1. The average molecular weight is 357 g/mol. The minimum atomic E-state index is -0.506. The zero-order valence-corrected chi connectivity index (χ0v) is 14.4. The van der Waals surface area contributed by atoms with Gasteiger partial charge in [-0.25, -0.2) is 0 Å². The van der Waals surface area contributed by atoms with Gasteiger partial charge in [0.25, 0.3) is 0 Å². The molecule has 0 bridgehead atoms. The van der Waals surface area contributed by atoms with Crippen molar-refractivity contribution in [2.75, 3.05) is 38.3 Å². The first kappa shape index (κ1) is 16.7. The lowest BCUT2D eigenvalue weighted by atomic mass is 9.93. The molecule has 0 saturated carbocycles. The zero-order valence-electron chi connectivity index (χ0n) is 12.9. The van der Waals surface area contributed by atoms with Gasteiger partial charge in [-0.05, 0) is 53.4 Å². The molecule has 2 rings (SSSR count). The van der Waals surface area contributed by atoms with Crippen LogP contribution in [0.3, 0.4) is 0 Å². The van der Waals surface area contributed by atoms with Crippen molar-refractivity contribution in [2.24, 2.45) is 0 Å². The van der Waals surface area contributed by atoms with Gasteiger partial charge in [-0.3, -0.25) is 0 Å². The van der Waals surface area contributed by atoms with E-state index in [-0.39, 0.29) is 0 Å². The quantitative estimate of drug-likeness (QED) is 0.768. The molecule has 4 nitrogen and oxygen atoms in total. The van der Waals surface area contributed by atoms with Crippen molar-refractivity contribution >= 4 is 21.6 Å². The van der Waals surface area contributed by atoms with Crippen molar-refractivity contribution in [1.29, 1.82) is 0 Å². The Morgan fingerprint density at radius 3 is 2.71 bits per heavy atom. The van der Waals surface area contributed by atoms with Gasteiger partial charge in [0.15, 0.2) is 0 Å². The van der Waals surface area contributed by atoms with Crippen LogP contribution in [0.25, 0.3) is 0 Å². The van der Waals surface area contributed by atoms with Crippen molar-refractivity contribution < 1.29 is 9.84 Å². The molecule has 0 spiro atoms. The number of anilines is 1. The molecule has 2 N–H and O–H groups in total. The summed E-state index contributed by atoms with van der Waals surface area (Å²) in [5, 5.41) is 13.4. The summed E-state index contributed by atoms with van der Waals surface area (Å²) >= 11 is 3.68. The van der Waals surface area contributed by atoms with Crippen LogP contribution in [0.4, 0.5) is 5.69 Å². The van der Waals surface area contributed by atoms with Gasteiger partial charge in [0.2, 0.25) is 0 Å². The maximum Gasteiger partial charge on any atom is 0.0653 e. The molecule has 1 heterocycles. The predicted octanol–water partition coefficient (Wildman–Crippen LogP) is 2.54. The van der Waals surface area contributed by atoms with E-state index in [1.807, 2.05) is 6.92 Å². The third-order valence-corrected chi connectivity index (χ3v) is 4.64. The number of nitrogens with one attached hydrogen (secondary N) is 1. The Balaban J connectivity index is 1.93. The summed E-state index contributed by atoms with van der Waals surface area (Å²) in [6.45, 7) is 6.16. The molecule has 1 aliphatic rings. The molecule has 1 fully saturated rings. The number of halogens is 1. The Kier molecular flexibility index (Phi) is 6.05. The molecular formula is C16H25BrN2O2. The van der Waals surface area contributed by atoms with E-state index in [0.717, 1.165) is 50.1 Å². The largest absolute Gasteiger partial charge is 0.390 e. The molecule has 0 unspecified atom stereocenters. The van der Waals surface area contributed by atoms with Crippen LogP contribution in [0.5, 0.6) is 0 Å². The highest BCUT2D eigenvalue weighted by molar-refractivity contribution is 9.10. The molecule has 0 aliphatic carbocycles. The second kappa shape index (κ2) is 7.58. The average Bonchev–Trinajstić information content (AvgIpc) is 2.44. The smallest absolute Gasteiger partial charge is 0.0653 e. The number of aliphatic hydroxyl groups is 1. The van der Waals surface area contributed by atoms with Crippen LogP contribution in [0.15, 0.2) is 22.7 Å². The van der Waals surface area contributed by atoms with Crippen LogP contribution in [-0.2, 0) is 11.3 Å². The maximum atomic E-state index is 10.0. The molecule has 21 heavy (non-hydrogen) atoms. The molecule has 1 saturated heterocycles. The fraction of sp³-hybridized carbons (Fsp3) is 0.625. The Morgan fingerprint density at radius 2 is 2.10 bits per heavy atom. The molecule has 0 aromatic heterocycles. The van der Waals surface area contributed by atoms with Crippen LogP contribution in [0.2, 0.25) is 0 Å². The van der Waals surface area contributed by atoms with Gasteiger partial charge >= 0.3 is 0 Å². The maximum absolute atomic E-state index is 10.0. The number of hydrogen-bond acceptors (Lipinski definition) is 4. The SMILES string of the molecule is COCCNCc1ccc(N2CCC(C)(O)CC2)c(Br)c1. The number of benzene rings is 1. The summed E-state index contributed by atoms with van der Waals surface area (Å²) in [5.74, 6) is 0. The highest BCUT2D eigenvalue weighted by Crippen LogP contribution is 2.31. The normalized spacial score (nSPS) is 18.0. The molecule has 5 heteroatoms. The summed E-state index contributed by atoms with van der Waals surface area (Å²) in [4.78, 5) is 2.34. The molecular weight excluding hydrogens is 332 g/mol. The van der Waals surface area contributed by atoms with Crippen molar-refractivity contribution in [3.05, 3.63) is 28.2 Å². The Labute approximate surface area is 135 Å². The lowest BCUT2D eigenvalue weighted by Gasteiger charge is -2.37. The van der Waals surface area contributed by atoms with E-state index in [9.17, 15) is 5.11 Å². The zero-order chi connectivity index (χ0) is 15.3. The predicted molar refractivity (Wildman–Crippen MR) is 89.8 cm³/mol. The van der Waals surface area contributed by atoms with E-state index in [4.69, 9.17) is 4.74 Å². The van der Waals surface area contributed by atoms with Gasteiger partial charge in [-0.1, -0.05) is 6.07 Å². The lowest BCUT2D eigenvalue weighted by molar-refractivity contribution is 0.0351. The van der Waals surface area contributed by atoms with Crippen molar-refractivity contribution in [1.82, 2.24) is 5.32 Å². The first-order valence-corrected chi connectivity index (χ1v) is 8.26. The van der Waals surface area contributed by atoms with Crippen LogP contribution < -0.4 is 10.2 Å². The van der Waals surface area contributed by atoms with Crippen molar-refractivity contribution in [2.45, 2.75) is 31.9 Å². The topological polar surface area (TPSA) is 44.7 Å². The second-order valence-corrected chi connectivity index (χ2v) is 6.79. The Morgan fingerprint density at radius 1 is 1.38 bits per heavy atom. The van der Waals surface area contributed by atoms with Crippen molar-refractivity contribution in [3.63, 3.8) is 0 Å². The van der Waals surface area contributed by atoms with Crippen LogP contribution in [-0.4, -0.2) is 44.1 Å². The highest BCUT2D eigenvalue weighted by atomic mass is 79.9.